The average molecular weight is 418 g/mol. The minimum absolute atomic E-state index is 0.0893. The van der Waals surface area contributed by atoms with Crippen LogP contribution >= 0.6 is 0 Å². The van der Waals surface area contributed by atoms with Crippen LogP contribution in [-0.4, -0.2) is 47.9 Å². The second-order valence-corrected chi connectivity index (χ2v) is 6.60. The second-order valence-electron chi connectivity index (χ2n) is 6.60. The lowest BCUT2D eigenvalue weighted by Gasteiger charge is -2.30. The van der Waals surface area contributed by atoms with Crippen molar-refractivity contribution in [1.29, 1.82) is 0 Å². The molecule has 0 amide bonds. The molecule has 0 bridgehead atoms. The van der Waals surface area contributed by atoms with Crippen molar-refractivity contribution in [2.45, 2.75) is 37.6 Å². The SMILES string of the molecule is COC(=O)[C@@](O)(CC[C@](O)(OCc1ccccc1)C(=O)OC)OCc1ccccc1. The standard InChI is InChI=1S/C22H26O8/c1-27-19(23)21(25,29-15-17-9-5-3-6-10-17)13-14-22(26,20(24)28-2)30-16-18-11-7-4-8-12-18/h3-12,25-26H,13-16H2,1-2H3/t21-,22+. The number of aliphatic hydroxyl groups is 2. The van der Waals surface area contributed by atoms with Gasteiger partial charge >= 0.3 is 11.9 Å². The van der Waals surface area contributed by atoms with Gasteiger partial charge in [-0.25, -0.2) is 9.59 Å². The molecule has 2 N–H and O–H groups in total. The van der Waals surface area contributed by atoms with Crippen LogP contribution in [0.1, 0.15) is 24.0 Å². The highest BCUT2D eigenvalue weighted by Crippen LogP contribution is 2.27. The third-order valence-corrected chi connectivity index (χ3v) is 4.45. The fourth-order valence-electron chi connectivity index (χ4n) is 2.68. The monoisotopic (exact) mass is 418 g/mol. The number of methoxy groups -OCH3 is 2. The summed E-state index contributed by atoms with van der Waals surface area (Å²) in [5.74, 6) is -6.92. The van der Waals surface area contributed by atoms with E-state index in [1.807, 2.05) is 12.1 Å². The first-order valence-electron chi connectivity index (χ1n) is 9.30. The van der Waals surface area contributed by atoms with Crippen LogP contribution in [0.4, 0.5) is 0 Å². The molecular formula is C22H26O8. The van der Waals surface area contributed by atoms with E-state index in [4.69, 9.17) is 9.47 Å². The van der Waals surface area contributed by atoms with Crippen molar-refractivity contribution in [3.8, 4) is 0 Å². The van der Waals surface area contributed by atoms with Crippen LogP contribution in [0.15, 0.2) is 60.7 Å². The van der Waals surface area contributed by atoms with Crippen molar-refractivity contribution >= 4 is 11.9 Å². The molecular weight excluding hydrogens is 392 g/mol. The minimum Gasteiger partial charge on any atom is -0.465 e. The zero-order chi connectivity index (χ0) is 22.0. The van der Waals surface area contributed by atoms with Gasteiger partial charge in [-0.2, -0.15) is 0 Å². The fourth-order valence-corrected chi connectivity index (χ4v) is 2.68. The largest absolute Gasteiger partial charge is 0.465 e. The molecule has 8 heteroatoms. The van der Waals surface area contributed by atoms with E-state index in [0.717, 1.165) is 14.2 Å². The average Bonchev–Trinajstić information content (AvgIpc) is 2.80. The predicted molar refractivity (Wildman–Crippen MR) is 106 cm³/mol. The molecule has 2 atom stereocenters. The molecule has 0 radical (unpaired) electrons. The Kier molecular flexibility index (Phi) is 8.49. The number of carbonyl (C=O) groups is 2. The smallest absolute Gasteiger partial charge is 0.366 e. The normalized spacial score (nSPS) is 14.9. The van der Waals surface area contributed by atoms with E-state index in [-0.39, 0.29) is 13.2 Å². The molecule has 0 aliphatic carbocycles. The van der Waals surface area contributed by atoms with Gasteiger partial charge in [0, 0.05) is 12.8 Å². The number of ether oxygens (including phenoxy) is 4. The summed E-state index contributed by atoms with van der Waals surface area (Å²) < 4.78 is 20.1. The molecule has 162 valence electrons. The number of esters is 2. The van der Waals surface area contributed by atoms with Gasteiger partial charge in [0.2, 0.25) is 0 Å². The first kappa shape index (κ1) is 23.5. The molecule has 30 heavy (non-hydrogen) atoms. The Labute approximate surface area is 175 Å². The molecule has 0 heterocycles. The summed E-state index contributed by atoms with van der Waals surface area (Å²) in [5.41, 5.74) is 1.42. The maximum absolute atomic E-state index is 12.2. The summed E-state index contributed by atoms with van der Waals surface area (Å²) in [6.07, 6.45) is -0.959. The molecule has 2 rings (SSSR count). The maximum Gasteiger partial charge on any atom is 0.366 e. The Morgan fingerprint density at radius 3 is 1.33 bits per heavy atom. The van der Waals surface area contributed by atoms with Crippen LogP contribution < -0.4 is 0 Å². The van der Waals surface area contributed by atoms with Gasteiger partial charge in [-0.3, -0.25) is 0 Å². The van der Waals surface area contributed by atoms with Crippen molar-refractivity contribution in [3.63, 3.8) is 0 Å². The third-order valence-electron chi connectivity index (χ3n) is 4.45. The highest BCUT2D eigenvalue weighted by atomic mass is 16.7. The van der Waals surface area contributed by atoms with Gasteiger partial charge in [0.1, 0.15) is 0 Å². The van der Waals surface area contributed by atoms with E-state index in [9.17, 15) is 19.8 Å². The lowest BCUT2D eigenvalue weighted by atomic mass is 10.0. The predicted octanol–water partition coefficient (Wildman–Crippen LogP) is 1.92. The summed E-state index contributed by atoms with van der Waals surface area (Å²) in [4.78, 5) is 24.3. The Morgan fingerprint density at radius 2 is 1.03 bits per heavy atom. The maximum atomic E-state index is 12.2. The number of hydrogen-bond acceptors (Lipinski definition) is 8. The summed E-state index contributed by atoms with van der Waals surface area (Å²) in [6, 6.07) is 17.8. The second kappa shape index (κ2) is 10.8. The van der Waals surface area contributed by atoms with Crippen molar-refractivity contribution < 1.29 is 38.7 Å². The topological polar surface area (TPSA) is 112 Å². The molecule has 0 unspecified atom stereocenters. The molecule has 0 saturated carbocycles. The van der Waals surface area contributed by atoms with Gasteiger partial charge in [-0.1, -0.05) is 60.7 Å². The van der Waals surface area contributed by atoms with Gasteiger partial charge in [-0.15, -0.1) is 0 Å². The molecule has 0 aliphatic rings. The molecule has 0 spiro atoms. The number of rotatable bonds is 11. The van der Waals surface area contributed by atoms with Crippen molar-refractivity contribution in [2.75, 3.05) is 14.2 Å². The summed E-state index contributed by atoms with van der Waals surface area (Å²) in [5, 5.41) is 21.5. The molecule has 0 aliphatic heterocycles. The Bertz CT molecular complexity index is 741. The highest BCUT2D eigenvalue weighted by Gasteiger charge is 2.46. The van der Waals surface area contributed by atoms with Gasteiger partial charge in [0.05, 0.1) is 27.4 Å². The Balaban J connectivity index is 2.11. The van der Waals surface area contributed by atoms with E-state index in [1.54, 1.807) is 48.5 Å². The van der Waals surface area contributed by atoms with Crippen LogP contribution in [0, 0.1) is 0 Å². The quantitative estimate of drug-likeness (QED) is 0.421. The molecule has 0 aromatic heterocycles. The van der Waals surface area contributed by atoms with Gasteiger partial charge in [0.15, 0.2) is 0 Å². The summed E-state index contributed by atoms with van der Waals surface area (Å²) >= 11 is 0. The Hall–Kier alpha value is -2.78. The first-order valence-corrected chi connectivity index (χ1v) is 9.30. The lowest BCUT2D eigenvalue weighted by Crippen LogP contribution is -2.48. The van der Waals surface area contributed by atoms with Crippen LogP contribution in [0.5, 0.6) is 0 Å². The lowest BCUT2D eigenvalue weighted by molar-refractivity contribution is -0.257. The summed E-state index contributed by atoms with van der Waals surface area (Å²) in [6.45, 7) is -0.179. The highest BCUT2D eigenvalue weighted by molar-refractivity contribution is 5.79. The van der Waals surface area contributed by atoms with Crippen LogP contribution in [0.2, 0.25) is 0 Å². The number of benzene rings is 2. The van der Waals surface area contributed by atoms with E-state index in [2.05, 4.69) is 9.47 Å². The van der Waals surface area contributed by atoms with Crippen LogP contribution in [-0.2, 0) is 41.8 Å². The van der Waals surface area contributed by atoms with Gasteiger partial charge in [0.25, 0.3) is 11.6 Å². The fraction of sp³-hybridized carbons (Fsp3) is 0.364. The zero-order valence-electron chi connectivity index (χ0n) is 16.9. The zero-order valence-corrected chi connectivity index (χ0v) is 16.9. The van der Waals surface area contributed by atoms with Gasteiger partial charge in [-0.05, 0) is 11.1 Å². The summed E-state index contributed by atoms with van der Waals surface area (Å²) in [7, 11) is 2.19. The van der Waals surface area contributed by atoms with E-state index >= 15 is 0 Å². The number of carbonyl (C=O) groups excluding carboxylic acids is 2. The molecule has 0 fully saturated rings. The van der Waals surface area contributed by atoms with Crippen LogP contribution in [0.25, 0.3) is 0 Å². The van der Waals surface area contributed by atoms with E-state index in [1.165, 1.54) is 0 Å². The van der Waals surface area contributed by atoms with E-state index in [0.29, 0.717) is 11.1 Å². The number of hydrogen-bond donors (Lipinski definition) is 2. The molecule has 2 aromatic rings. The van der Waals surface area contributed by atoms with Crippen molar-refractivity contribution in [1.82, 2.24) is 0 Å². The van der Waals surface area contributed by atoms with E-state index < -0.39 is 36.4 Å². The van der Waals surface area contributed by atoms with Crippen molar-refractivity contribution in [3.05, 3.63) is 71.8 Å². The van der Waals surface area contributed by atoms with Crippen LogP contribution in [0.3, 0.4) is 0 Å². The Morgan fingerprint density at radius 1 is 0.700 bits per heavy atom. The van der Waals surface area contributed by atoms with Crippen molar-refractivity contribution in [2.24, 2.45) is 0 Å². The third kappa shape index (κ3) is 6.36. The minimum atomic E-state index is -2.40. The molecule has 2 aromatic carbocycles. The molecule has 8 nitrogen and oxygen atoms in total. The molecule has 0 saturated heterocycles. The first-order chi connectivity index (χ1) is 14.3. The van der Waals surface area contributed by atoms with Gasteiger partial charge < -0.3 is 29.2 Å².